The summed E-state index contributed by atoms with van der Waals surface area (Å²) in [5.74, 6) is 0.305. The van der Waals surface area contributed by atoms with Gasteiger partial charge in [-0.05, 0) is 82.1 Å². The zero-order chi connectivity index (χ0) is 28.3. The summed E-state index contributed by atoms with van der Waals surface area (Å²) in [7, 11) is 3.09. The monoisotopic (exact) mass is 529 g/mol. The lowest BCUT2D eigenvalue weighted by Crippen LogP contribution is -2.50. The van der Waals surface area contributed by atoms with Crippen LogP contribution in [0.15, 0.2) is 60.7 Å². The molecule has 0 fully saturated rings. The average Bonchev–Trinajstić information content (AvgIpc) is 3.30. The van der Waals surface area contributed by atoms with Crippen LogP contribution in [-0.4, -0.2) is 46.6 Å². The minimum atomic E-state index is -1.07. The highest BCUT2D eigenvalue weighted by Gasteiger charge is 2.37. The Labute approximate surface area is 228 Å². The molecule has 1 unspecified atom stereocenters. The predicted octanol–water partition coefficient (Wildman–Crippen LogP) is 4.75. The van der Waals surface area contributed by atoms with Gasteiger partial charge in [0.05, 0.1) is 19.7 Å². The lowest BCUT2D eigenvalue weighted by molar-refractivity contribution is -0.128. The first-order valence-corrected chi connectivity index (χ1v) is 12.7. The summed E-state index contributed by atoms with van der Waals surface area (Å²) in [4.78, 5) is 30.0. The van der Waals surface area contributed by atoms with E-state index in [0.29, 0.717) is 28.3 Å². The van der Waals surface area contributed by atoms with Crippen LogP contribution in [0.5, 0.6) is 11.5 Å². The standard InChI is InChI=1S/C30H35N5O4/c1-19-11-10-14-24(20(19)2)35(27(36)18-34-25-13-9-8-12-23(25)32-33-34)28(29(37)31-30(3,4)5)22-17-21(38-6)15-16-26(22)39-7/h8-17,28H,18H2,1-7H3,(H,31,37). The number of aromatic nitrogens is 3. The van der Waals surface area contributed by atoms with Crippen molar-refractivity contribution in [2.24, 2.45) is 0 Å². The molecule has 4 rings (SSSR count). The number of para-hydroxylation sites is 1. The van der Waals surface area contributed by atoms with Gasteiger partial charge in [-0.2, -0.15) is 0 Å². The average molecular weight is 530 g/mol. The van der Waals surface area contributed by atoms with Crippen molar-refractivity contribution in [2.75, 3.05) is 19.1 Å². The molecule has 0 aliphatic carbocycles. The minimum Gasteiger partial charge on any atom is -0.497 e. The number of carbonyl (C=O) groups is 2. The van der Waals surface area contributed by atoms with E-state index in [1.165, 1.54) is 12.0 Å². The van der Waals surface area contributed by atoms with Gasteiger partial charge in [0.1, 0.15) is 29.6 Å². The Bertz CT molecular complexity index is 1510. The van der Waals surface area contributed by atoms with Crippen LogP contribution in [0.4, 0.5) is 5.69 Å². The molecule has 39 heavy (non-hydrogen) atoms. The molecule has 4 aromatic rings. The molecule has 1 heterocycles. The van der Waals surface area contributed by atoms with Crippen molar-refractivity contribution in [3.05, 3.63) is 77.4 Å². The molecule has 3 aromatic carbocycles. The summed E-state index contributed by atoms with van der Waals surface area (Å²) in [5.41, 5.74) is 3.83. The van der Waals surface area contributed by atoms with Gasteiger partial charge in [0.2, 0.25) is 11.8 Å². The molecule has 0 bridgehead atoms. The summed E-state index contributed by atoms with van der Waals surface area (Å²) < 4.78 is 12.7. The second kappa shape index (κ2) is 11.1. The first-order valence-electron chi connectivity index (χ1n) is 12.7. The smallest absolute Gasteiger partial charge is 0.249 e. The fourth-order valence-electron chi connectivity index (χ4n) is 4.54. The molecule has 0 saturated heterocycles. The highest BCUT2D eigenvalue weighted by molar-refractivity contribution is 6.02. The summed E-state index contributed by atoms with van der Waals surface area (Å²) in [6.45, 7) is 9.49. The van der Waals surface area contributed by atoms with Crippen LogP contribution < -0.4 is 19.7 Å². The second-order valence-electron chi connectivity index (χ2n) is 10.5. The van der Waals surface area contributed by atoms with Crippen LogP contribution in [0.1, 0.15) is 43.5 Å². The molecular weight excluding hydrogens is 494 g/mol. The molecule has 204 valence electrons. The maximum atomic E-state index is 14.3. The van der Waals surface area contributed by atoms with Crippen molar-refractivity contribution in [1.82, 2.24) is 20.3 Å². The molecule has 1 N–H and O–H groups in total. The number of methoxy groups -OCH3 is 2. The number of nitrogens with one attached hydrogen (secondary N) is 1. The first kappa shape index (κ1) is 27.6. The van der Waals surface area contributed by atoms with E-state index in [1.807, 2.05) is 77.1 Å². The molecule has 0 aliphatic rings. The van der Waals surface area contributed by atoms with E-state index in [1.54, 1.807) is 30.0 Å². The van der Waals surface area contributed by atoms with Crippen molar-refractivity contribution in [1.29, 1.82) is 0 Å². The van der Waals surface area contributed by atoms with Gasteiger partial charge in [-0.1, -0.05) is 29.5 Å². The Balaban J connectivity index is 1.94. The van der Waals surface area contributed by atoms with E-state index in [9.17, 15) is 9.59 Å². The summed E-state index contributed by atoms with van der Waals surface area (Å²) in [5, 5.41) is 11.5. The Morgan fingerprint density at radius 2 is 1.74 bits per heavy atom. The third-order valence-electron chi connectivity index (χ3n) is 6.55. The van der Waals surface area contributed by atoms with Gasteiger partial charge in [-0.25, -0.2) is 4.68 Å². The number of fused-ring (bicyclic) bond motifs is 1. The lowest BCUT2D eigenvalue weighted by Gasteiger charge is -2.35. The molecule has 0 saturated carbocycles. The lowest BCUT2D eigenvalue weighted by atomic mass is 9.97. The molecule has 1 aromatic heterocycles. The number of hydrogen-bond donors (Lipinski definition) is 1. The number of rotatable bonds is 8. The largest absolute Gasteiger partial charge is 0.497 e. The highest BCUT2D eigenvalue weighted by atomic mass is 16.5. The van der Waals surface area contributed by atoms with Crippen LogP contribution in [0, 0.1) is 13.8 Å². The van der Waals surface area contributed by atoms with Gasteiger partial charge in [0.25, 0.3) is 0 Å². The number of nitrogens with zero attached hydrogens (tertiary/aromatic N) is 4. The fraction of sp³-hybridized carbons (Fsp3) is 0.333. The molecule has 9 nitrogen and oxygen atoms in total. The van der Waals surface area contributed by atoms with E-state index in [0.717, 1.165) is 16.6 Å². The fourth-order valence-corrected chi connectivity index (χ4v) is 4.54. The number of amides is 2. The van der Waals surface area contributed by atoms with Crippen LogP contribution >= 0.6 is 0 Å². The van der Waals surface area contributed by atoms with E-state index in [2.05, 4.69) is 15.6 Å². The van der Waals surface area contributed by atoms with Gasteiger partial charge in [0.15, 0.2) is 0 Å². The minimum absolute atomic E-state index is 0.126. The molecule has 2 amide bonds. The van der Waals surface area contributed by atoms with Crippen molar-refractivity contribution in [3.8, 4) is 11.5 Å². The van der Waals surface area contributed by atoms with E-state index in [-0.39, 0.29) is 18.4 Å². The molecule has 0 spiro atoms. The van der Waals surface area contributed by atoms with Crippen molar-refractivity contribution in [2.45, 2.75) is 52.7 Å². The zero-order valence-corrected chi connectivity index (χ0v) is 23.5. The SMILES string of the molecule is COc1ccc(OC)c(C(C(=O)NC(C)(C)C)N(C(=O)Cn2nnc3ccccc32)c2cccc(C)c2C)c1. The molecular formula is C30H35N5O4. The van der Waals surface area contributed by atoms with Crippen LogP contribution in [0.2, 0.25) is 0 Å². The van der Waals surface area contributed by atoms with Gasteiger partial charge < -0.3 is 14.8 Å². The van der Waals surface area contributed by atoms with Crippen LogP contribution in [0.3, 0.4) is 0 Å². The van der Waals surface area contributed by atoms with E-state index in [4.69, 9.17) is 9.47 Å². The summed E-state index contributed by atoms with van der Waals surface area (Å²) >= 11 is 0. The quantitative estimate of drug-likeness (QED) is 0.354. The highest BCUT2D eigenvalue weighted by Crippen LogP contribution is 2.38. The Hall–Kier alpha value is -4.40. The zero-order valence-electron chi connectivity index (χ0n) is 23.5. The predicted molar refractivity (Wildman–Crippen MR) is 151 cm³/mol. The number of benzene rings is 3. The van der Waals surface area contributed by atoms with Gasteiger partial charge >= 0.3 is 0 Å². The van der Waals surface area contributed by atoms with Crippen molar-refractivity contribution >= 4 is 28.5 Å². The van der Waals surface area contributed by atoms with Crippen LogP contribution in [0.25, 0.3) is 11.0 Å². The summed E-state index contributed by atoms with van der Waals surface area (Å²) in [6.07, 6.45) is 0. The van der Waals surface area contributed by atoms with Crippen molar-refractivity contribution < 1.29 is 19.1 Å². The maximum Gasteiger partial charge on any atom is 0.249 e. The molecule has 0 radical (unpaired) electrons. The Morgan fingerprint density at radius 3 is 2.44 bits per heavy atom. The molecule has 9 heteroatoms. The number of anilines is 1. The topological polar surface area (TPSA) is 98.6 Å². The van der Waals surface area contributed by atoms with Crippen molar-refractivity contribution in [3.63, 3.8) is 0 Å². The van der Waals surface area contributed by atoms with Gasteiger partial charge in [-0.15, -0.1) is 5.10 Å². The Morgan fingerprint density at radius 1 is 1.00 bits per heavy atom. The van der Waals surface area contributed by atoms with E-state index < -0.39 is 11.6 Å². The van der Waals surface area contributed by atoms with E-state index >= 15 is 0 Å². The summed E-state index contributed by atoms with van der Waals surface area (Å²) in [6, 6.07) is 17.3. The second-order valence-corrected chi connectivity index (χ2v) is 10.5. The van der Waals surface area contributed by atoms with Crippen LogP contribution in [-0.2, 0) is 16.1 Å². The number of aryl methyl sites for hydroxylation is 1. The first-order chi connectivity index (χ1) is 18.5. The van der Waals surface area contributed by atoms with Gasteiger partial charge in [0, 0.05) is 16.8 Å². The third-order valence-corrected chi connectivity index (χ3v) is 6.55. The normalized spacial score (nSPS) is 12.2. The molecule has 0 aliphatic heterocycles. The number of hydrogen-bond acceptors (Lipinski definition) is 6. The number of carbonyl (C=O) groups excluding carboxylic acids is 2. The molecule has 1 atom stereocenters. The van der Waals surface area contributed by atoms with Gasteiger partial charge in [-0.3, -0.25) is 14.5 Å². The Kier molecular flexibility index (Phi) is 7.90. The maximum absolute atomic E-state index is 14.3. The third kappa shape index (κ3) is 5.87. The number of ether oxygens (including phenoxy) is 2.